The maximum Gasteiger partial charge on any atom is 0.226 e. The molecule has 31 heavy (non-hydrogen) atoms. The molecule has 0 aliphatic rings. The lowest BCUT2D eigenvalue weighted by atomic mass is 10.2. The van der Waals surface area contributed by atoms with Crippen LogP contribution in [0.25, 0.3) is 11.0 Å². The van der Waals surface area contributed by atoms with Crippen LogP contribution in [0, 0.1) is 0 Å². The number of nitrogens with one attached hydrogen (secondary N) is 1. The molecule has 2 amide bonds. The van der Waals surface area contributed by atoms with Crippen molar-refractivity contribution in [1.82, 2.24) is 19.4 Å². The third-order valence-corrected chi connectivity index (χ3v) is 5.57. The van der Waals surface area contributed by atoms with Crippen molar-refractivity contribution in [2.75, 3.05) is 38.0 Å². The Kier molecular flexibility index (Phi) is 10.5. The molecule has 0 unspecified atom stereocenters. The molecule has 7 nitrogen and oxygen atoms in total. The molecule has 172 valence electrons. The predicted molar refractivity (Wildman–Crippen MR) is 127 cm³/mol. The molecule has 1 N–H and O–H groups in total. The maximum absolute atomic E-state index is 12.6. The zero-order valence-corrected chi connectivity index (χ0v) is 19.7. The van der Waals surface area contributed by atoms with Gasteiger partial charge >= 0.3 is 0 Å². The van der Waals surface area contributed by atoms with Crippen molar-refractivity contribution in [2.45, 2.75) is 66.3 Å². The molecule has 0 aliphatic carbocycles. The van der Waals surface area contributed by atoms with Gasteiger partial charge in [0.05, 0.1) is 11.0 Å². The summed E-state index contributed by atoms with van der Waals surface area (Å²) in [6.07, 6.45) is 3.18. The summed E-state index contributed by atoms with van der Waals surface area (Å²) in [5.74, 6) is 0.635. The molecule has 1 aromatic heterocycles. The van der Waals surface area contributed by atoms with Gasteiger partial charge in [0.2, 0.25) is 17.8 Å². The van der Waals surface area contributed by atoms with Crippen LogP contribution in [0.4, 0.5) is 5.95 Å². The zero-order valence-electron chi connectivity index (χ0n) is 19.7. The number of likely N-dealkylation sites (N-methyl/N-ethyl adjacent to an activating group) is 1. The number of rotatable bonds is 14. The molecule has 2 aromatic rings. The van der Waals surface area contributed by atoms with Crippen LogP contribution in [0.2, 0.25) is 0 Å². The Bertz CT molecular complexity index is 822. The van der Waals surface area contributed by atoms with Gasteiger partial charge in [-0.3, -0.25) is 14.9 Å². The summed E-state index contributed by atoms with van der Waals surface area (Å²) in [6.45, 7) is 13.7. The molecule has 7 heteroatoms. The fourth-order valence-corrected chi connectivity index (χ4v) is 3.83. The van der Waals surface area contributed by atoms with Crippen LogP contribution < -0.4 is 5.32 Å². The maximum atomic E-state index is 12.6. The molecule has 0 aliphatic heterocycles. The van der Waals surface area contributed by atoms with E-state index < -0.39 is 0 Å². The van der Waals surface area contributed by atoms with E-state index in [-0.39, 0.29) is 11.8 Å². The third kappa shape index (κ3) is 7.35. The van der Waals surface area contributed by atoms with E-state index in [9.17, 15) is 9.59 Å². The summed E-state index contributed by atoms with van der Waals surface area (Å²) in [5.41, 5.74) is 1.90. The quantitative estimate of drug-likeness (QED) is 0.490. The number of fused-ring (bicyclic) bond motifs is 1. The topological polar surface area (TPSA) is 70.5 Å². The Labute approximate surface area is 186 Å². The lowest BCUT2D eigenvalue weighted by molar-refractivity contribution is -0.131. The molecule has 0 atom stereocenters. The summed E-state index contributed by atoms with van der Waals surface area (Å²) in [6, 6.07) is 7.95. The highest BCUT2D eigenvalue weighted by Gasteiger charge is 2.15. The minimum Gasteiger partial charge on any atom is -0.343 e. The van der Waals surface area contributed by atoms with E-state index in [2.05, 4.69) is 47.5 Å². The Morgan fingerprint density at radius 2 is 1.65 bits per heavy atom. The second kappa shape index (κ2) is 13.1. The number of para-hydroxylation sites is 2. The van der Waals surface area contributed by atoms with E-state index >= 15 is 0 Å². The fraction of sp³-hybridized carbons (Fsp3) is 0.625. The van der Waals surface area contributed by atoms with Crippen LogP contribution in [-0.4, -0.2) is 63.9 Å². The van der Waals surface area contributed by atoms with Gasteiger partial charge in [-0.2, -0.15) is 0 Å². The number of carbonyl (C=O) groups is 2. The normalized spacial score (nSPS) is 11.3. The lowest BCUT2D eigenvalue weighted by Crippen LogP contribution is -2.32. The second-order valence-electron chi connectivity index (χ2n) is 7.89. The molecule has 2 rings (SSSR count). The van der Waals surface area contributed by atoms with Gasteiger partial charge in [0.25, 0.3) is 0 Å². The highest BCUT2D eigenvalue weighted by molar-refractivity contribution is 5.91. The van der Waals surface area contributed by atoms with Gasteiger partial charge in [0, 0.05) is 39.0 Å². The van der Waals surface area contributed by atoms with Crippen molar-refractivity contribution >= 4 is 28.8 Å². The first-order valence-corrected chi connectivity index (χ1v) is 11.8. The average Bonchev–Trinajstić information content (AvgIpc) is 3.11. The van der Waals surface area contributed by atoms with Crippen molar-refractivity contribution < 1.29 is 9.59 Å². The van der Waals surface area contributed by atoms with Crippen LogP contribution in [0.5, 0.6) is 0 Å². The Morgan fingerprint density at radius 3 is 2.29 bits per heavy atom. The Morgan fingerprint density at radius 1 is 0.968 bits per heavy atom. The molecule has 1 aromatic carbocycles. The summed E-state index contributed by atoms with van der Waals surface area (Å²) < 4.78 is 2.08. The molecule has 0 bridgehead atoms. The minimum absolute atomic E-state index is 0.0928. The number of imidazole rings is 1. The Balaban J connectivity index is 1.98. The van der Waals surface area contributed by atoms with Gasteiger partial charge in [-0.05, 0) is 44.5 Å². The lowest BCUT2D eigenvalue weighted by Gasteiger charge is -2.21. The van der Waals surface area contributed by atoms with Gasteiger partial charge in [0.15, 0.2) is 0 Å². The summed E-state index contributed by atoms with van der Waals surface area (Å²) in [7, 11) is 0. The molecular formula is C24H39N5O2. The van der Waals surface area contributed by atoms with E-state index in [0.717, 1.165) is 63.1 Å². The zero-order chi connectivity index (χ0) is 22.6. The van der Waals surface area contributed by atoms with Crippen LogP contribution in [-0.2, 0) is 16.1 Å². The highest BCUT2D eigenvalue weighted by atomic mass is 16.2. The van der Waals surface area contributed by atoms with E-state index in [1.54, 1.807) is 0 Å². The molecule has 0 saturated heterocycles. The van der Waals surface area contributed by atoms with Crippen LogP contribution in [0.15, 0.2) is 24.3 Å². The number of hydrogen-bond donors (Lipinski definition) is 1. The number of carbonyl (C=O) groups excluding carboxylic acids is 2. The SMILES string of the molecule is CCCN(CCC)C(=O)CCCC(=O)Nc1nc2ccccc2n1CCN(CC)CC. The van der Waals surface area contributed by atoms with E-state index in [1.165, 1.54) is 0 Å². The summed E-state index contributed by atoms with van der Waals surface area (Å²) in [4.78, 5) is 33.9. The molecule has 0 spiro atoms. The van der Waals surface area contributed by atoms with E-state index in [1.807, 2.05) is 29.2 Å². The first-order valence-electron chi connectivity index (χ1n) is 11.8. The summed E-state index contributed by atoms with van der Waals surface area (Å²) >= 11 is 0. The van der Waals surface area contributed by atoms with Gasteiger partial charge < -0.3 is 14.4 Å². The van der Waals surface area contributed by atoms with Crippen LogP contribution in [0.1, 0.15) is 59.8 Å². The molecule has 0 fully saturated rings. The fourth-order valence-electron chi connectivity index (χ4n) is 3.83. The number of hydrogen-bond acceptors (Lipinski definition) is 4. The molecule has 1 heterocycles. The molecule has 0 saturated carbocycles. The third-order valence-electron chi connectivity index (χ3n) is 5.57. The van der Waals surface area contributed by atoms with E-state index in [0.29, 0.717) is 25.2 Å². The van der Waals surface area contributed by atoms with Gasteiger partial charge in [-0.15, -0.1) is 0 Å². The second-order valence-corrected chi connectivity index (χ2v) is 7.89. The van der Waals surface area contributed by atoms with Gasteiger partial charge in [0.1, 0.15) is 0 Å². The highest BCUT2D eigenvalue weighted by Crippen LogP contribution is 2.20. The summed E-state index contributed by atoms with van der Waals surface area (Å²) in [5, 5.41) is 2.98. The average molecular weight is 430 g/mol. The van der Waals surface area contributed by atoms with Gasteiger partial charge in [-0.1, -0.05) is 39.8 Å². The number of benzene rings is 1. The molecular weight excluding hydrogens is 390 g/mol. The molecule has 0 radical (unpaired) electrons. The number of anilines is 1. The van der Waals surface area contributed by atoms with Crippen molar-refractivity contribution in [2.24, 2.45) is 0 Å². The van der Waals surface area contributed by atoms with Crippen LogP contribution >= 0.6 is 0 Å². The van der Waals surface area contributed by atoms with Crippen LogP contribution in [0.3, 0.4) is 0 Å². The monoisotopic (exact) mass is 429 g/mol. The number of aromatic nitrogens is 2. The first kappa shape index (κ1) is 24.9. The van der Waals surface area contributed by atoms with E-state index in [4.69, 9.17) is 0 Å². The largest absolute Gasteiger partial charge is 0.343 e. The van der Waals surface area contributed by atoms with Crippen molar-refractivity contribution in [3.8, 4) is 0 Å². The standard InChI is InChI=1S/C24H39N5O2/c1-5-16-28(17-6-2)23(31)15-11-14-22(30)26-24-25-20-12-9-10-13-21(20)29(24)19-18-27(7-3)8-4/h9-10,12-13H,5-8,11,14-19H2,1-4H3,(H,25,26,30). The predicted octanol–water partition coefficient (Wildman–Crippen LogP) is 4.14. The van der Waals surface area contributed by atoms with Crippen molar-refractivity contribution in [1.29, 1.82) is 0 Å². The van der Waals surface area contributed by atoms with Crippen molar-refractivity contribution in [3.63, 3.8) is 0 Å². The number of amides is 2. The Hall–Kier alpha value is -2.41. The first-order chi connectivity index (χ1) is 15.0. The minimum atomic E-state index is -0.0928. The van der Waals surface area contributed by atoms with Gasteiger partial charge in [-0.25, -0.2) is 4.98 Å². The number of nitrogens with zero attached hydrogens (tertiary/aromatic N) is 4. The smallest absolute Gasteiger partial charge is 0.226 e. The van der Waals surface area contributed by atoms with Crippen molar-refractivity contribution in [3.05, 3.63) is 24.3 Å².